The Morgan fingerprint density at radius 1 is 1.53 bits per heavy atom. The lowest BCUT2D eigenvalue weighted by molar-refractivity contribution is -0.152. The van der Waals surface area contributed by atoms with Crippen LogP contribution in [0.15, 0.2) is 24.3 Å². The highest BCUT2D eigenvalue weighted by molar-refractivity contribution is 6.30. The van der Waals surface area contributed by atoms with Gasteiger partial charge in [-0.3, -0.25) is 4.79 Å². The summed E-state index contributed by atoms with van der Waals surface area (Å²) in [5.41, 5.74) is -0.877. The Kier molecular flexibility index (Phi) is 4.54. The zero-order valence-corrected chi connectivity index (χ0v) is 10.7. The predicted octanol–water partition coefficient (Wildman–Crippen LogP) is 3.05. The van der Waals surface area contributed by atoms with Crippen LogP contribution in [0.1, 0.15) is 32.3 Å². The van der Waals surface area contributed by atoms with Gasteiger partial charge in [-0.1, -0.05) is 37.1 Å². The molecule has 0 fully saturated rings. The number of carboxylic acids is 1. The van der Waals surface area contributed by atoms with Crippen LogP contribution < -0.4 is 0 Å². The second-order valence-electron chi connectivity index (χ2n) is 4.34. The van der Waals surface area contributed by atoms with E-state index in [0.717, 1.165) is 0 Å². The molecule has 0 bridgehead atoms. The van der Waals surface area contributed by atoms with Gasteiger partial charge in [-0.2, -0.15) is 0 Å². The van der Waals surface area contributed by atoms with Crippen LogP contribution in [0.25, 0.3) is 0 Å². The van der Waals surface area contributed by atoms with Gasteiger partial charge in [0.15, 0.2) is 0 Å². The third-order valence-electron chi connectivity index (χ3n) is 2.96. The van der Waals surface area contributed by atoms with Crippen LogP contribution in [-0.4, -0.2) is 16.2 Å². The van der Waals surface area contributed by atoms with Crippen molar-refractivity contribution in [1.82, 2.24) is 0 Å². The number of benzene rings is 1. The SMILES string of the molecule is CCCC(C(=O)O)C(C)(O)c1cccc(Cl)c1. The van der Waals surface area contributed by atoms with Crippen molar-refractivity contribution in [2.75, 3.05) is 0 Å². The number of hydrogen-bond acceptors (Lipinski definition) is 2. The van der Waals surface area contributed by atoms with Crippen LogP contribution in [0.5, 0.6) is 0 Å². The zero-order valence-electron chi connectivity index (χ0n) is 9.98. The Morgan fingerprint density at radius 3 is 2.65 bits per heavy atom. The number of halogens is 1. The van der Waals surface area contributed by atoms with Gasteiger partial charge >= 0.3 is 5.97 Å². The summed E-state index contributed by atoms with van der Waals surface area (Å²) in [5, 5.41) is 20.1. The van der Waals surface area contributed by atoms with Crippen molar-refractivity contribution in [2.45, 2.75) is 32.3 Å². The fourth-order valence-corrected chi connectivity index (χ4v) is 2.13. The molecule has 0 spiro atoms. The van der Waals surface area contributed by atoms with E-state index in [9.17, 15) is 15.0 Å². The first kappa shape index (κ1) is 14.0. The van der Waals surface area contributed by atoms with Gasteiger partial charge in [0.05, 0.1) is 5.92 Å². The Hall–Kier alpha value is -1.06. The van der Waals surface area contributed by atoms with E-state index < -0.39 is 17.5 Å². The van der Waals surface area contributed by atoms with Gasteiger partial charge in [0.2, 0.25) is 0 Å². The number of rotatable bonds is 5. The van der Waals surface area contributed by atoms with E-state index in [4.69, 9.17) is 11.6 Å². The minimum Gasteiger partial charge on any atom is -0.481 e. The summed E-state index contributed by atoms with van der Waals surface area (Å²) >= 11 is 5.85. The highest BCUT2D eigenvalue weighted by Gasteiger charge is 2.38. The van der Waals surface area contributed by atoms with Gasteiger partial charge in [0.1, 0.15) is 5.60 Å². The molecule has 1 aromatic carbocycles. The monoisotopic (exact) mass is 256 g/mol. The molecule has 1 aromatic rings. The van der Waals surface area contributed by atoms with Crippen LogP contribution in [-0.2, 0) is 10.4 Å². The Balaban J connectivity index is 3.10. The maximum Gasteiger partial charge on any atom is 0.309 e. The van der Waals surface area contributed by atoms with Gasteiger partial charge in [-0.25, -0.2) is 0 Å². The highest BCUT2D eigenvalue weighted by atomic mass is 35.5. The van der Waals surface area contributed by atoms with Gasteiger partial charge in [0.25, 0.3) is 0 Å². The van der Waals surface area contributed by atoms with Crippen LogP contribution in [0.4, 0.5) is 0 Å². The molecule has 0 aliphatic rings. The average Bonchev–Trinajstić information content (AvgIpc) is 2.25. The highest BCUT2D eigenvalue weighted by Crippen LogP contribution is 2.33. The molecule has 2 unspecified atom stereocenters. The molecule has 94 valence electrons. The molecule has 3 nitrogen and oxygen atoms in total. The molecule has 0 heterocycles. The Bertz CT molecular complexity index is 401. The summed E-state index contributed by atoms with van der Waals surface area (Å²) in [4.78, 5) is 11.2. The lowest BCUT2D eigenvalue weighted by Crippen LogP contribution is -2.37. The molecule has 2 atom stereocenters. The van der Waals surface area contributed by atoms with Crippen molar-refractivity contribution in [2.24, 2.45) is 5.92 Å². The minimum atomic E-state index is -1.41. The molecule has 17 heavy (non-hydrogen) atoms. The molecule has 0 aliphatic carbocycles. The van der Waals surface area contributed by atoms with Gasteiger partial charge in [-0.15, -0.1) is 0 Å². The van der Waals surface area contributed by atoms with E-state index in [0.29, 0.717) is 23.4 Å². The second kappa shape index (κ2) is 5.52. The molecule has 0 saturated carbocycles. The van der Waals surface area contributed by atoms with E-state index >= 15 is 0 Å². The first-order chi connectivity index (χ1) is 7.89. The van der Waals surface area contributed by atoms with Crippen LogP contribution in [0.3, 0.4) is 0 Å². The van der Waals surface area contributed by atoms with E-state index in [-0.39, 0.29) is 0 Å². The fourth-order valence-electron chi connectivity index (χ4n) is 1.94. The predicted molar refractivity (Wildman–Crippen MR) is 67.1 cm³/mol. The molecule has 0 aliphatic heterocycles. The van der Waals surface area contributed by atoms with Gasteiger partial charge in [-0.05, 0) is 31.0 Å². The summed E-state index contributed by atoms with van der Waals surface area (Å²) in [6, 6.07) is 6.69. The zero-order chi connectivity index (χ0) is 13.1. The number of aliphatic carboxylic acids is 1. The van der Waals surface area contributed by atoms with Gasteiger partial charge < -0.3 is 10.2 Å². The van der Waals surface area contributed by atoms with E-state index in [1.165, 1.54) is 6.92 Å². The van der Waals surface area contributed by atoms with Crippen molar-refractivity contribution in [3.8, 4) is 0 Å². The second-order valence-corrected chi connectivity index (χ2v) is 4.77. The molecule has 0 amide bonds. The summed E-state index contributed by atoms with van der Waals surface area (Å²) in [6.45, 7) is 3.41. The standard InChI is InChI=1S/C13H17ClO3/c1-3-5-11(12(15)16)13(2,17)9-6-4-7-10(14)8-9/h4,6-8,11,17H,3,5H2,1-2H3,(H,15,16). The molecular weight excluding hydrogens is 240 g/mol. The third kappa shape index (κ3) is 3.20. The third-order valence-corrected chi connectivity index (χ3v) is 3.20. The normalized spacial score (nSPS) is 16.2. The molecule has 4 heteroatoms. The topological polar surface area (TPSA) is 57.5 Å². The van der Waals surface area contributed by atoms with Gasteiger partial charge in [0, 0.05) is 5.02 Å². The molecular formula is C13H17ClO3. The van der Waals surface area contributed by atoms with Crippen LogP contribution in [0.2, 0.25) is 5.02 Å². The van der Waals surface area contributed by atoms with Crippen LogP contribution in [0, 0.1) is 5.92 Å². The summed E-state index contributed by atoms with van der Waals surface area (Å²) in [5.74, 6) is -1.82. The van der Waals surface area contributed by atoms with Crippen molar-refractivity contribution < 1.29 is 15.0 Å². The van der Waals surface area contributed by atoms with Crippen molar-refractivity contribution in [3.05, 3.63) is 34.9 Å². The Labute approximate surface area is 106 Å². The van der Waals surface area contributed by atoms with Crippen LogP contribution >= 0.6 is 11.6 Å². The molecule has 0 saturated heterocycles. The number of aliphatic hydroxyl groups is 1. The quantitative estimate of drug-likeness (QED) is 0.851. The maximum absolute atomic E-state index is 11.2. The summed E-state index contributed by atoms with van der Waals surface area (Å²) in [6.07, 6.45) is 1.13. The molecule has 2 N–H and O–H groups in total. The summed E-state index contributed by atoms with van der Waals surface area (Å²) < 4.78 is 0. The molecule has 0 radical (unpaired) electrons. The fraction of sp³-hybridized carbons (Fsp3) is 0.462. The molecule has 1 rings (SSSR count). The minimum absolute atomic E-state index is 0.425. The average molecular weight is 257 g/mol. The van der Waals surface area contributed by atoms with Crippen molar-refractivity contribution in [1.29, 1.82) is 0 Å². The summed E-state index contributed by atoms with van der Waals surface area (Å²) in [7, 11) is 0. The van der Waals surface area contributed by atoms with Crippen molar-refractivity contribution >= 4 is 17.6 Å². The number of hydrogen-bond donors (Lipinski definition) is 2. The maximum atomic E-state index is 11.2. The number of carboxylic acid groups (broad SMARTS) is 1. The number of carbonyl (C=O) groups is 1. The lowest BCUT2D eigenvalue weighted by atomic mass is 9.80. The smallest absolute Gasteiger partial charge is 0.309 e. The molecule has 0 aromatic heterocycles. The first-order valence-electron chi connectivity index (χ1n) is 5.60. The van der Waals surface area contributed by atoms with E-state index in [1.54, 1.807) is 24.3 Å². The Morgan fingerprint density at radius 2 is 2.18 bits per heavy atom. The largest absolute Gasteiger partial charge is 0.481 e. The van der Waals surface area contributed by atoms with Crippen molar-refractivity contribution in [3.63, 3.8) is 0 Å². The van der Waals surface area contributed by atoms with E-state index in [2.05, 4.69) is 0 Å². The lowest BCUT2D eigenvalue weighted by Gasteiger charge is -2.30. The first-order valence-corrected chi connectivity index (χ1v) is 5.98. The van der Waals surface area contributed by atoms with E-state index in [1.807, 2.05) is 6.92 Å².